The molecule has 0 aliphatic rings. The van der Waals surface area contributed by atoms with Gasteiger partial charge in [-0.25, -0.2) is 9.18 Å². The van der Waals surface area contributed by atoms with Gasteiger partial charge in [0.25, 0.3) is 0 Å². The Kier molecular flexibility index (Phi) is 3.70. The predicted molar refractivity (Wildman–Crippen MR) is 82.8 cm³/mol. The number of carbonyl (C=O) groups is 1. The van der Waals surface area contributed by atoms with E-state index in [9.17, 15) is 9.18 Å². The van der Waals surface area contributed by atoms with E-state index in [1.54, 1.807) is 48.7 Å². The normalized spacial score (nSPS) is 10.5. The monoisotopic (exact) mass is 296 g/mol. The van der Waals surface area contributed by atoms with Crippen LogP contribution < -0.4 is 5.32 Å². The van der Waals surface area contributed by atoms with Crippen LogP contribution in [-0.2, 0) is 4.74 Å². The summed E-state index contributed by atoms with van der Waals surface area (Å²) < 4.78 is 18.4. The number of carbonyl (C=O) groups excluding carboxylic acids is 1. The van der Waals surface area contributed by atoms with E-state index >= 15 is 0 Å². The maximum Gasteiger partial charge on any atom is 0.337 e. The Balaban J connectivity index is 1.93. The van der Waals surface area contributed by atoms with Crippen molar-refractivity contribution in [3.05, 3.63) is 66.1 Å². The van der Waals surface area contributed by atoms with Crippen molar-refractivity contribution in [1.82, 2.24) is 4.98 Å². The molecule has 1 heterocycles. The number of fused-ring (bicyclic) bond motifs is 1. The van der Waals surface area contributed by atoms with Crippen LogP contribution in [0.4, 0.5) is 15.8 Å². The molecule has 0 aliphatic heterocycles. The first-order valence-corrected chi connectivity index (χ1v) is 6.67. The van der Waals surface area contributed by atoms with Crippen LogP contribution >= 0.6 is 0 Å². The van der Waals surface area contributed by atoms with E-state index in [1.165, 1.54) is 13.2 Å². The second-order valence-electron chi connectivity index (χ2n) is 4.69. The first kappa shape index (κ1) is 14.0. The molecule has 2 aromatic carbocycles. The van der Waals surface area contributed by atoms with Gasteiger partial charge < -0.3 is 10.1 Å². The number of aromatic nitrogens is 1. The lowest BCUT2D eigenvalue weighted by Crippen LogP contribution is -2.01. The van der Waals surface area contributed by atoms with Crippen LogP contribution in [0, 0.1) is 5.82 Å². The van der Waals surface area contributed by atoms with Gasteiger partial charge in [0.15, 0.2) is 0 Å². The fourth-order valence-electron chi connectivity index (χ4n) is 2.21. The molecule has 22 heavy (non-hydrogen) atoms. The molecule has 0 radical (unpaired) electrons. The second kappa shape index (κ2) is 5.81. The third-order valence-electron chi connectivity index (χ3n) is 3.31. The maximum absolute atomic E-state index is 13.7. The molecule has 0 saturated carbocycles. The van der Waals surface area contributed by atoms with Gasteiger partial charge >= 0.3 is 5.97 Å². The van der Waals surface area contributed by atoms with E-state index in [0.29, 0.717) is 16.5 Å². The Morgan fingerprint density at radius 2 is 1.91 bits per heavy atom. The van der Waals surface area contributed by atoms with Gasteiger partial charge in [0, 0.05) is 23.0 Å². The van der Waals surface area contributed by atoms with Gasteiger partial charge in [-0.05, 0) is 36.4 Å². The van der Waals surface area contributed by atoms with E-state index < -0.39 is 0 Å². The number of pyridine rings is 1. The van der Waals surface area contributed by atoms with Crippen molar-refractivity contribution in [1.29, 1.82) is 0 Å². The van der Waals surface area contributed by atoms with Crippen molar-refractivity contribution in [2.75, 3.05) is 12.4 Å². The molecular weight excluding hydrogens is 283 g/mol. The van der Waals surface area contributed by atoms with Gasteiger partial charge in [0.1, 0.15) is 11.3 Å². The van der Waals surface area contributed by atoms with Crippen LogP contribution in [0.1, 0.15) is 10.4 Å². The standard InChI is InChI=1S/C17H13FN2O2/c1-22-17(21)11-5-7-12(8-6-11)20-15-9-10-19-16-13(15)3-2-4-14(16)18/h2-10H,1H3,(H,19,20). The number of esters is 1. The summed E-state index contributed by atoms with van der Waals surface area (Å²) in [5.41, 5.74) is 2.32. The summed E-state index contributed by atoms with van der Waals surface area (Å²) in [7, 11) is 1.34. The van der Waals surface area contributed by atoms with E-state index in [-0.39, 0.29) is 11.8 Å². The van der Waals surface area contributed by atoms with Crippen molar-refractivity contribution in [3.8, 4) is 0 Å². The summed E-state index contributed by atoms with van der Waals surface area (Å²) >= 11 is 0. The fraction of sp³-hybridized carbons (Fsp3) is 0.0588. The van der Waals surface area contributed by atoms with Crippen molar-refractivity contribution in [2.45, 2.75) is 0 Å². The molecule has 0 aliphatic carbocycles. The largest absolute Gasteiger partial charge is 0.465 e. The lowest BCUT2D eigenvalue weighted by molar-refractivity contribution is 0.0601. The molecule has 3 aromatic rings. The molecule has 1 N–H and O–H groups in total. The summed E-state index contributed by atoms with van der Waals surface area (Å²) in [5.74, 6) is -0.745. The molecule has 5 heteroatoms. The summed E-state index contributed by atoms with van der Waals surface area (Å²) in [6.45, 7) is 0. The topological polar surface area (TPSA) is 51.2 Å². The molecule has 0 amide bonds. The van der Waals surface area contributed by atoms with Crippen LogP contribution in [0.3, 0.4) is 0 Å². The zero-order valence-electron chi connectivity index (χ0n) is 11.8. The van der Waals surface area contributed by atoms with Gasteiger partial charge in [-0.3, -0.25) is 4.98 Å². The molecule has 0 saturated heterocycles. The van der Waals surface area contributed by atoms with Crippen LogP contribution in [0.15, 0.2) is 54.7 Å². The molecular formula is C17H13FN2O2. The number of methoxy groups -OCH3 is 1. The number of nitrogens with zero attached hydrogens (tertiary/aromatic N) is 1. The van der Waals surface area contributed by atoms with Crippen LogP contribution in [-0.4, -0.2) is 18.1 Å². The lowest BCUT2D eigenvalue weighted by Gasteiger charge is -2.10. The van der Waals surface area contributed by atoms with Gasteiger partial charge in [-0.15, -0.1) is 0 Å². The minimum Gasteiger partial charge on any atom is -0.465 e. The first-order chi connectivity index (χ1) is 10.7. The highest BCUT2D eigenvalue weighted by Gasteiger charge is 2.07. The molecule has 0 atom stereocenters. The highest BCUT2D eigenvalue weighted by atomic mass is 19.1. The van der Waals surface area contributed by atoms with Crippen molar-refractivity contribution in [3.63, 3.8) is 0 Å². The van der Waals surface area contributed by atoms with Crippen molar-refractivity contribution < 1.29 is 13.9 Å². The molecule has 0 unspecified atom stereocenters. The number of halogens is 1. The summed E-state index contributed by atoms with van der Waals surface area (Å²) in [5, 5.41) is 3.89. The Labute approximate surface area is 126 Å². The molecule has 1 aromatic heterocycles. The van der Waals surface area contributed by atoms with Crippen LogP contribution in [0.25, 0.3) is 10.9 Å². The number of hydrogen-bond acceptors (Lipinski definition) is 4. The number of hydrogen-bond donors (Lipinski definition) is 1. The number of rotatable bonds is 3. The fourth-order valence-corrected chi connectivity index (χ4v) is 2.21. The van der Waals surface area contributed by atoms with Crippen molar-refractivity contribution in [2.24, 2.45) is 0 Å². The first-order valence-electron chi connectivity index (χ1n) is 6.67. The van der Waals surface area contributed by atoms with Crippen molar-refractivity contribution >= 4 is 28.2 Å². The zero-order chi connectivity index (χ0) is 15.5. The third-order valence-corrected chi connectivity index (χ3v) is 3.31. The number of ether oxygens (including phenoxy) is 1. The van der Waals surface area contributed by atoms with Gasteiger partial charge in [-0.2, -0.15) is 0 Å². The Bertz CT molecular complexity index is 832. The minimum absolute atomic E-state index is 0.318. The van der Waals surface area contributed by atoms with Gasteiger partial charge in [0.2, 0.25) is 0 Å². The molecule has 0 spiro atoms. The second-order valence-corrected chi connectivity index (χ2v) is 4.69. The highest BCUT2D eigenvalue weighted by molar-refractivity contribution is 5.93. The van der Waals surface area contributed by atoms with Crippen LogP contribution in [0.2, 0.25) is 0 Å². The van der Waals surface area contributed by atoms with Crippen LogP contribution in [0.5, 0.6) is 0 Å². The molecule has 3 rings (SSSR count). The third kappa shape index (κ3) is 2.61. The quantitative estimate of drug-likeness (QED) is 0.745. The summed E-state index contributed by atoms with van der Waals surface area (Å²) in [6, 6.07) is 13.5. The molecule has 0 bridgehead atoms. The number of benzene rings is 2. The summed E-state index contributed by atoms with van der Waals surface area (Å²) in [4.78, 5) is 15.5. The predicted octanol–water partition coefficient (Wildman–Crippen LogP) is 3.90. The highest BCUT2D eigenvalue weighted by Crippen LogP contribution is 2.26. The van der Waals surface area contributed by atoms with E-state index in [2.05, 4.69) is 15.0 Å². The van der Waals surface area contributed by atoms with E-state index in [4.69, 9.17) is 0 Å². The van der Waals surface area contributed by atoms with E-state index in [0.717, 1.165) is 11.4 Å². The average molecular weight is 296 g/mol. The number of para-hydroxylation sites is 1. The summed E-state index contributed by atoms with van der Waals surface area (Å²) in [6.07, 6.45) is 1.55. The molecule has 4 nitrogen and oxygen atoms in total. The Hall–Kier alpha value is -2.95. The smallest absolute Gasteiger partial charge is 0.337 e. The maximum atomic E-state index is 13.7. The van der Waals surface area contributed by atoms with Gasteiger partial charge in [-0.1, -0.05) is 12.1 Å². The number of anilines is 2. The average Bonchev–Trinajstić information content (AvgIpc) is 2.56. The molecule has 110 valence electrons. The van der Waals surface area contributed by atoms with Gasteiger partial charge in [0.05, 0.1) is 12.7 Å². The lowest BCUT2D eigenvalue weighted by atomic mass is 10.1. The SMILES string of the molecule is COC(=O)c1ccc(Nc2ccnc3c(F)cccc23)cc1. The zero-order valence-corrected chi connectivity index (χ0v) is 11.8. The minimum atomic E-state index is -0.386. The number of nitrogens with one attached hydrogen (secondary N) is 1. The Morgan fingerprint density at radius 1 is 1.14 bits per heavy atom. The Morgan fingerprint density at radius 3 is 2.64 bits per heavy atom. The molecule has 0 fully saturated rings. The van der Waals surface area contributed by atoms with E-state index in [1.807, 2.05) is 0 Å².